The number of piperidine rings is 1. The summed E-state index contributed by atoms with van der Waals surface area (Å²) in [6.07, 6.45) is 4.08. The average molecular weight is 335 g/mol. The summed E-state index contributed by atoms with van der Waals surface area (Å²) in [4.78, 5) is 12.0. The first-order chi connectivity index (χ1) is 11.1. The number of hydrogen-bond acceptors (Lipinski definition) is 6. The van der Waals surface area contributed by atoms with Crippen LogP contribution in [0.2, 0.25) is 0 Å². The molecule has 1 aliphatic heterocycles. The average Bonchev–Trinajstić information content (AvgIpc) is 3.12. The van der Waals surface area contributed by atoms with Gasteiger partial charge in [0.1, 0.15) is 5.82 Å². The molecule has 3 heterocycles. The number of rotatable bonds is 5. The van der Waals surface area contributed by atoms with Crippen LogP contribution in [0.5, 0.6) is 0 Å². The summed E-state index contributed by atoms with van der Waals surface area (Å²) >= 11 is 1.39. The Morgan fingerprint density at radius 2 is 2.35 bits per heavy atom. The van der Waals surface area contributed by atoms with Gasteiger partial charge in [0.05, 0.1) is 5.75 Å². The minimum absolute atomic E-state index is 0.0995. The summed E-state index contributed by atoms with van der Waals surface area (Å²) in [5, 5.41) is 19.6. The van der Waals surface area contributed by atoms with Crippen LogP contribution in [0.25, 0.3) is 0 Å². The van der Waals surface area contributed by atoms with E-state index < -0.39 is 0 Å². The van der Waals surface area contributed by atoms with E-state index in [2.05, 4.69) is 25.9 Å². The molecule has 1 aliphatic rings. The summed E-state index contributed by atoms with van der Waals surface area (Å²) in [7, 11) is 3.77. The van der Waals surface area contributed by atoms with E-state index in [0.717, 1.165) is 36.9 Å². The molecule has 1 saturated heterocycles. The summed E-state index contributed by atoms with van der Waals surface area (Å²) < 4.78 is 3.65. The first-order valence-electron chi connectivity index (χ1n) is 7.66. The van der Waals surface area contributed by atoms with E-state index in [-0.39, 0.29) is 11.7 Å². The maximum atomic E-state index is 12.0. The SMILES string of the molecule is Cn1ccc(NC(=O)CSc2nnc([C@H]3CCCNC3)n2C)n1. The highest BCUT2D eigenvalue weighted by Crippen LogP contribution is 2.24. The number of nitrogens with one attached hydrogen (secondary N) is 2. The van der Waals surface area contributed by atoms with Gasteiger partial charge in [-0.1, -0.05) is 11.8 Å². The lowest BCUT2D eigenvalue weighted by molar-refractivity contribution is -0.113. The lowest BCUT2D eigenvalue weighted by atomic mass is 9.99. The van der Waals surface area contributed by atoms with Crippen LogP contribution in [0.4, 0.5) is 5.82 Å². The largest absolute Gasteiger partial charge is 0.316 e. The molecule has 0 radical (unpaired) electrons. The summed E-state index contributed by atoms with van der Waals surface area (Å²) in [6.45, 7) is 2.01. The summed E-state index contributed by atoms with van der Waals surface area (Å²) in [6, 6.07) is 1.76. The van der Waals surface area contributed by atoms with E-state index in [0.29, 0.717) is 11.7 Å². The van der Waals surface area contributed by atoms with Crippen molar-refractivity contribution in [1.82, 2.24) is 29.9 Å². The van der Waals surface area contributed by atoms with Gasteiger partial charge in [-0.2, -0.15) is 5.10 Å². The number of hydrogen-bond donors (Lipinski definition) is 2. The summed E-state index contributed by atoms with van der Waals surface area (Å²) in [5.41, 5.74) is 0. The van der Waals surface area contributed by atoms with Gasteiger partial charge >= 0.3 is 0 Å². The zero-order valence-electron chi connectivity index (χ0n) is 13.3. The molecule has 3 rings (SSSR count). The molecule has 1 amide bonds. The van der Waals surface area contributed by atoms with Gasteiger partial charge in [-0.3, -0.25) is 9.48 Å². The van der Waals surface area contributed by atoms with E-state index in [1.54, 1.807) is 16.9 Å². The van der Waals surface area contributed by atoms with Crippen LogP contribution in [0, 0.1) is 0 Å². The van der Waals surface area contributed by atoms with Gasteiger partial charge in [0.25, 0.3) is 0 Å². The van der Waals surface area contributed by atoms with Gasteiger partial charge in [0.15, 0.2) is 11.0 Å². The molecule has 2 aromatic heterocycles. The Bertz CT molecular complexity index is 674. The van der Waals surface area contributed by atoms with Gasteiger partial charge in [-0.05, 0) is 19.4 Å². The maximum absolute atomic E-state index is 12.0. The van der Waals surface area contributed by atoms with Gasteiger partial charge < -0.3 is 15.2 Å². The number of thioether (sulfide) groups is 1. The van der Waals surface area contributed by atoms with Crippen LogP contribution in [0.15, 0.2) is 17.4 Å². The Labute approximate surface area is 139 Å². The third-order valence-corrected chi connectivity index (χ3v) is 4.86. The molecular formula is C14H21N7OS. The van der Waals surface area contributed by atoms with Crippen molar-refractivity contribution >= 4 is 23.5 Å². The Morgan fingerprint density at radius 1 is 1.48 bits per heavy atom. The van der Waals surface area contributed by atoms with E-state index in [1.807, 2.05) is 18.7 Å². The number of amides is 1. The second kappa shape index (κ2) is 7.14. The zero-order chi connectivity index (χ0) is 16.2. The first-order valence-corrected chi connectivity index (χ1v) is 8.64. The van der Waals surface area contributed by atoms with Crippen LogP contribution in [0.3, 0.4) is 0 Å². The van der Waals surface area contributed by atoms with Crippen LogP contribution in [-0.4, -0.2) is 49.3 Å². The minimum atomic E-state index is -0.0995. The fourth-order valence-corrected chi connectivity index (χ4v) is 3.39. The molecule has 0 saturated carbocycles. The normalized spacial score (nSPS) is 18.1. The van der Waals surface area contributed by atoms with Crippen LogP contribution in [0.1, 0.15) is 24.6 Å². The van der Waals surface area contributed by atoms with Crippen molar-refractivity contribution in [2.24, 2.45) is 14.1 Å². The second-order valence-corrected chi connectivity index (χ2v) is 6.60. The molecule has 1 fully saturated rings. The highest BCUT2D eigenvalue weighted by atomic mass is 32.2. The standard InChI is InChI=1S/C14H21N7OS/c1-20-7-5-11(19-20)16-12(22)9-23-14-18-17-13(21(14)2)10-4-3-6-15-8-10/h5,7,10,15H,3-4,6,8-9H2,1-2H3,(H,16,19,22)/t10-/m0/s1. The smallest absolute Gasteiger partial charge is 0.236 e. The third kappa shape index (κ3) is 3.91. The van der Waals surface area contributed by atoms with Crippen LogP contribution >= 0.6 is 11.8 Å². The number of carbonyl (C=O) groups is 1. The van der Waals surface area contributed by atoms with Crippen LogP contribution < -0.4 is 10.6 Å². The fourth-order valence-electron chi connectivity index (χ4n) is 2.67. The Kier molecular flexibility index (Phi) is 4.97. The topological polar surface area (TPSA) is 89.7 Å². The molecule has 124 valence electrons. The van der Waals surface area contributed by atoms with E-state index in [9.17, 15) is 4.79 Å². The Balaban J connectivity index is 1.55. The molecule has 0 unspecified atom stereocenters. The quantitative estimate of drug-likeness (QED) is 0.784. The van der Waals surface area contributed by atoms with Gasteiger partial charge in [0.2, 0.25) is 5.91 Å². The van der Waals surface area contributed by atoms with Crippen molar-refractivity contribution in [3.63, 3.8) is 0 Å². The molecule has 2 N–H and O–H groups in total. The van der Waals surface area contributed by atoms with Crippen molar-refractivity contribution in [3.05, 3.63) is 18.1 Å². The maximum Gasteiger partial charge on any atom is 0.236 e. The predicted molar refractivity (Wildman–Crippen MR) is 88.4 cm³/mol. The summed E-state index contributed by atoms with van der Waals surface area (Å²) in [5.74, 6) is 2.14. The lowest BCUT2D eigenvalue weighted by Gasteiger charge is -2.21. The zero-order valence-corrected chi connectivity index (χ0v) is 14.1. The monoisotopic (exact) mass is 335 g/mol. The molecule has 0 aliphatic carbocycles. The second-order valence-electron chi connectivity index (χ2n) is 5.65. The van der Waals surface area contributed by atoms with Gasteiger partial charge in [-0.15, -0.1) is 10.2 Å². The Morgan fingerprint density at radius 3 is 3.04 bits per heavy atom. The lowest BCUT2D eigenvalue weighted by Crippen LogP contribution is -2.29. The molecule has 1 atom stereocenters. The van der Waals surface area contributed by atoms with Crippen molar-refractivity contribution in [2.45, 2.75) is 23.9 Å². The van der Waals surface area contributed by atoms with Crippen molar-refractivity contribution < 1.29 is 4.79 Å². The van der Waals surface area contributed by atoms with Gasteiger partial charge in [0, 0.05) is 38.8 Å². The molecule has 9 heteroatoms. The molecule has 0 aromatic carbocycles. The van der Waals surface area contributed by atoms with Crippen molar-refractivity contribution in [2.75, 3.05) is 24.2 Å². The van der Waals surface area contributed by atoms with Gasteiger partial charge in [-0.25, -0.2) is 0 Å². The fraction of sp³-hybridized carbons (Fsp3) is 0.571. The molecule has 0 bridgehead atoms. The number of aromatic nitrogens is 5. The molecule has 8 nitrogen and oxygen atoms in total. The predicted octanol–water partition coefficient (Wildman–Crippen LogP) is 0.746. The van der Waals surface area contributed by atoms with E-state index in [1.165, 1.54) is 11.8 Å². The minimum Gasteiger partial charge on any atom is -0.316 e. The van der Waals surface area contributed by atoms with Crippen molar-refractivity contribution in [3.8, 4) is 0 Å². The third-order valence-electron chi connectivity index (χ3n) is 3.84. The molecule has 0 spiro atoms. The number of nitrogens with zero attached hydrogens (tertiary/aromatic N) is 5. The highest BCUT2D eigenvalue weighted by Gasteiger charge is 2.22. The highest BCUT2D eigenvalue weighted by molar-refractivity contribution is 7.99. The van der Waals surface area contributed by atoms with Crippen LogP contribution in [-0.2, 0) is 18.9 Å². The molecule has 2 aromatic rings. The number of anilines is 1. The van der Waals surface area contributed by atoms with Crippen molar-refractivity contribution in [1.29, 1.82) is 0 Å². The number of aryl methyl sites for hydroxylation is 1. The number of carbonyl (C=O) groups excluding carboxylic acids is 1. The Hall–Kier alpha value is -1.87. The molecular weight excluding hydrogens is 314 g/mol. The first kappa shape index (κ1) is 16.0. The molecule has 23 heavy (non-hydrogen) atoms. The van der Waals surface area contributed by atoms with E-state index in [4.69, 9.17) is 0 Å². The van der Waals surface area contributed by atoms with E-state index >= 15 is 0 Å².